The lowest BCUT2D eigenvalue weighted by molar-refractivity contribution is 0.796. The highest BCUT2D eigenvalue weighted by atomic mass is 32.2. The highest BCUT2D eigenvalue weighted by molar-refractivity contribution is 8.38. The second-order valence-electron chi connectivity index (χ2n) is 4.19. The second-order valence-corrected chi connectivity index (χ2v) is 7.05. The van der Waals surface area contributed by atoms with Gasteiger partial charge in [-0.2, -0.15) is 0 Å². The zero-order chi connectivity index (χ0) is 13.7. The molecule has 0 fully saturated rings. The summed E-state index contributed by atoms with van der Waals surface area (Å²) in [5, 5.41) is 0.862. The summed E-state index contributed by atoms with van der Waals surface area (Å²) in [5.41, 5.74) is 2.47. The van der Waals surface area contributed by atoms with Crippen molar-refractivity contribution in [2.75, 3.05) is 12.5 Å². The van der Waals surface area contributed by atoms with Crippen molar-refractivity contribution in [2.45, 2.75) is 26.2 Å². The molecule has 0 atom stereocenters. The number of hydrogen-bond donors (Lipinski definition) is 0. The lowest BCUT2D eigenvalue weighted by atomic mass is 10.1. The van der Waals surface area contributed by atoms with Gasteiger partial charge in [-0.15, -0.1) is 23.5 Å². The van der Waals surface area contributed by atoms with Gasteiger partial charge in [0.25, 0.3) is 0 Å². The van der Waals surface area contributed by atoms with E-state index in [2.05, 4.69) is 35.1 Å². The molecule has 2 aromatic rings. The molecule has 19 heavy (non-hydrogen) atoms. The summed E-state index contributed by atoms with van der Waals surface area (Å²) in [6.45, 7) is 2.23. The van der Waals surface area contributed by atoms with Gasteiger partial charge in [-0.1, -0.05) is 30.7 Å². The van der Waals surface area contributed by atoms with E-state index in [1.54, 1.807) is 34.9 Å². The Bertz CT molecular complexity index is 569. The molecule has 5 heteroatoms. The zero-order valence-corrected chi connectivity index (χ0v) is 13.9. The minimum Gasteiger partial charge on any atom is -0.218 e. The average molecular weight is 311 g/mol. The van der Waals surface area contributed by atoms with E-state index in [-0.39, 0.29) is 0 Å². The van der Waals surface area contributed by atoms with E-state index in [9.17, 15) is 0 Å². The molecule has 1 aromatic carbocycles. The summed E-state index contributed by atoms with van der Waals surface area (Å²) in [7, 11) is 0. The van der Waals surface area contributed by atoms with Gasteiger partial charge in [0.1, 0.15) is 4.38 Å². The molecule has 0 radical (unpaired) electrons. The van der Waals surface area contributed by atoms with Crippen LogP contribution in [-0.2, 0) is 6.42 Å². The van der Waals surface area contributed by atoms with Crippen LogP contribution in [-0.4, -0.2) is 21.9 Å². The normalized spacial score (nSPS) is 10.9. The first kappa shape index (κ1) is 14.9. The smallest absolute Gasteiger partial charge is 0.211 e. The number of aliphatic imine (C=N–C) groups is 1. The monoisotopic (exact) mass is 310 g/mol. The number of rotatable bonds is 4. The van der Waals surface area contributed by atoms with Gasteiger partial charge < -0.3 is 0 Å². The number of unbranched alkanes of at least 4 members (excludes halogenated alkanes) is 1. The highest BCUT2D eigenvalue weighted by Gasteiger charge is 2.05. The molecule has 0 aliphatic heterocycles. The lowest BCUT2D eigenvalue weighted by Crippen LogP contribution is -1.83. The van der Waals surface area contributed by atoms with Crippen LogP contribution in [0.5, 0.6) is 0 Å². The van der Waals surface area contributed by atoms with Crippen LogP contribution in [0.3, 0.4) is 0 Å². The molecule has 0 saturated carbocycles. The van der Waals surface area contributed by atoms with Crippen molar-refractivity contribution in [2.24, 2.45) is 4.99 Å². The molecule has 0 amide bonds. The number of fused-ring (bicyclic) bond motifs is 1. The zero-order valence-electron chi connectivity index (χ0n) is 11.5. The molecular formula is C14H18N2S3. The molecule has 102 valence electrons. The molecule has 0 aliphatic carbocycles. The van der Waals surface area contributed by atoms with Crippen molar-refractivity contribution in [3.05, 3.63) is 23.8 Å². The predicted octanol–water partition coefficient (Wildman–Crippen LogP) is 5.35. The van der Waals surface area contributed by atoms with Crippen molar-refractivity contribution >= 4 is 54.6 Å². The van der Waals surface area contributed by atoms with E-state index >= 15 is 0 Å². The van der Waals surface area contributed by atoms with E-state index in [4.69, 9.17) is 0 Å². The molecule has 0 saturated heterocycles. The van der Waals surface area contributed by atoms with Crippen molar-refractivity contribution in [1.29, 1.82) is 0 Å². The molecule has 0 bridgehead atoms. The van der Waals surface area contributed by atoms with Crippen LogP contribution in [0.1, 0.15) is 25.3 Å². The Morgan fingerprint density at radius 3 is 2.79 bits per heavy atom. The van der Waals surface area contributed by atoms with E-state index in [1.165, 1.54) is 23.1 Å². The number of thioether (sulfide) groups is 2. The van der Waals surface area contributed by atoms with Crippen LogP contribution in [0.25, 0.3) is 10.2 Å². The molecule has 1 heterocycles. The van der Waals surface area contributed by atoms with E-state index in [0.717, 1.165) is 21.4 Å². The Labute approximate surface area is 127 Å². The largest absolute Gasteiger partial charge is 0.218 e. The van der Waals surface area contributed by atoms with Gasteiger partial charge in [0.05, 0.1) is 10.2 Å². The third kappa shape index (κ3) is 3.97. The number of aromatic nitrogens is 1. The molecule has 2 rings (SSSR count). The first-order chi connectivity index (χ1) is 9.26. The quantitative estimate of drug-likeness (QED) is 0.562. The van der Waals surface area contributed by atoms with Gasteiger partial charge in [-0.05, 0) is 43.0 Å². The van der Waals surface area contributed by atoms with E-state index in [1.807, 2.05) is 12.5 Å². The molecule has 1 aromatic heterocycles. The molecule has 0 N–H and O–H groups in total. The van der Waals surface area contributed by atoms with Crippen molar-refractivity contribution < 1.29 is 0 Å². The van der Waals surface area contributed by atoms with Gasteiger partial charge in [-0.3, -0.25) is 0 Å². The van der Waals surface area contributed by atoms with Crippen LogP contribution in [0.2, 0.25) is 0 Å². The number of nitrogens with zero attached hydrogens (tertiary/aromatic N) is 2. The molecule has 0 spiro atoms. The first-order valence-corrected chi connectivity index (χ1v) is 9.59. The van der Waals surface area contributed by atoms with Gasteiger partial charge in [0, 0.05) is 0 Å². The molecule has 2 nitrogen and oxygen atoms in total. The maximum Gasteiger partial charge on any atom is 0.211 e. The fourth-order valence-electron chi connectivity index (χ4n) is 1.79. The standard InChI is InChI=1S/C14H18N2S3/c1-4-5-6-10-7-8-11-12(9-10)19-13(15-11)16-14(17-2)18-3/h7-9H,4-6H2,1-3H3. The maximum atomic E-state index is 4.57. The first-order valence-electron chi connectivity index (χ1n) is 6.33. The minimum absolute atomic E-state index is 0.862. The van der Waals surface area contributed by atoms with Crippen LogP contribution >= 0.6 is 34.9 Å². The maximum absolute atomic E-state index is 4.57. The Morgan fingerprint density at radius 1 is 1.32 bits per heavy atom. The Morgan fingerprint density at radius 2 is 2.11 bits per heavy atom. The summed E-state index contributed by atoms with van der Waals surface area (Å²) in [6.07, 6.45) is 7.74. The predicted molar refractivity (Wildman–Crippen MR) is 92.4 cm³/mol. The highest BCUT2D eigenvalue weighted by Crippen LogP contribution is 2.30. The van der Waals surface area contributed by atoms with Crippen molar-refractivity contribution in [1.82, 2.24) is 4.98 Å². The topological polar surface area (TPSA) is 25.2 Å². The third-order valence-corrected chi connectivity index (χ3v) is 5.59. The van der Waals surface area contributed by atoms with Crippen LogP contribution in [0.4, 0.5) is 5.13 Å². The van der Waals surface area contributed by atoms with Crippen LogP contribution in [0.15, 0.2) is 23.2 Å². The summed E-state index contributed by atoms with van der Waals surface area (Å²) in [6, 6.07) is 6.57. The fourth-order valence-corrected chi connectivity index (χ4v) is 3.84. The Balaban J connectivity index is 2.27. The Kier molecular flexibility index (Phi) is 5.73. The fraction of sp³-hybridized carbons (Fsp3) is 0.429. The Hall–Kier alpha value is -0.520. The number of benzene rings is 1. The average Bonchev–Trinajstić information content (AvgIpc) is 2.84. The van der Waals surface area contributed by atoms with E-state index in [0.29, 0.717) is 0 Å². The second kappa shape index (κ2) is 7.31. The number of hydrogen-bond acceptors (Lipinski definition) is 5. The minimum atomic E-state index is 0.862. The van der Waals surface area contributed by atoms with Crippen LogP contribution in [0, 0.1) is 0 Å². The van der Waals surface area contributed by atoms with Crippen LogP contribution < -0.4 is 0 Å². The third-order valence-electron chi connectivity index (χ3n) is 2.80. The van der Waals surface area contributed by atoms with Gasteiger partial charge in [-0.25, -0.2) is 9.98 Å². The SMILES string of the molecule is CCCCc1ccc2nc(N=C(SC)SC)sc2c1. The van der Waals surface area contributed by atoms with Gasteiger partial charge >= 0.3 is 0 Å². The van der Waals surface area contributed by atoms with Crippen molar-refractivity contribution in [3.63, 3.8) is 0 Å². The number of thiazole rings is 1. The van der Waals surface area contributed by atoms with Gasteiger partial charge in [0.15, 0.2) is 0 Å². The summed E-state index contributed by atoms with van der Waals surface area (Å²) in [5.74, 6) is 0. The van der Waals surface area contributed by atoms with Crippen molar-refractivity contribution in [3.8, 4) is 0 Å². The van der Waals surface area contributed by atoms with E-state index < -0.39 is 0 Å². The molecule has 0 aliphatic rings. The summed E-state index contributed by atoms with van der Waals surface area (Å²) < 4.78 is 2.30. The van der Waals surface area contributed by atoms with Gasteiger partial charge in [0.2, 0.25) is 5.13 Å². The molecular weight excluding hydrogens is 292 g/mol. The number of aryl methyl sites for hydroxylation is 1. The summed E-state index contributed by atoms with van der Waals surface area (Å²) >= 11 is 5.02. The summed E-state index contributed by atoms with van der Waals surface area (Å²) in [4.78, 5) is 9.15. The molecule has 0 unspecified atom stereocenters. The lowest BCUT2D eigenvalue weighted by Gasteiger charge is -1.98.